The second-order valence-corrected chi connectivity index (χ2v) is 11.1. The van der Waals surface area contributed by atoms with Crippen LogP contribution in [-0.4, -0.2) is 45.3 Å². The molecule has 1 unspecified atom stereocenters. The summed E-state index contributed by atoms with van der Waals surface area (Å²) in [7, 11) is 0. The molecule has 1 aromatic rings. The van der Waals surface area contributed by atoms with Crippen LogP contribution in [0, 0.1) is 24.2 Å². The number of aromatic nitrogens is 1. The van der Waals surface area contributed by atoms with Crippen molar-refractivity contribution < 1.29 is 24.5 Å². The lowest BCUT2D eigenvalue weighted by Crippen LogP contribution is -2.45. The van der Waals surface area contributed by atoms with E-state index in [2.05, 4.69) is 4.98 Å². The van der Waals surface area contributed by atoms with Crippen LogP contribution in [0.4, 0.5) is 0 Å². The Morgan fingerprint density at radius 2 is 1.91 bits per heavy atom. The van der Waals surface area contributed by atoms with E-state index in [0.29, 0.717) is 12.8 Å². The van der Waals surface area contributed by atoms with Gasteiger partial charge < -0.3 is 14.9 Å². The van der Waals surface area contributed by atoms with Gasteiger partial charge in [0.2, 0.25) is 0 Å². The van der Waals surface area contributed by atoms with Crippen LogP contribution < -0.4 is 0 Å². The van der Waals surface area contributed by atoms with E-state index in [9.17, 15) is 19.8 Å². The minimum atomic E-state index is -1.23. The first-order valence-electron chi connectivity index (χ1n) is 11.9. The number of esters is 1. The monoisotopic (exact) mass is 489 g/mol. The van der Waals surface area contributed by atoms with Crippen LogP contribution in [0.15, 0.2) is 34.8 Å². The van der Waals surface area contributed by atoms with E-state index in [4.69, 9.17) is 4.74 Å². The molecule has 0 radical (unpaired) electrons. The zero-order chi connectivity index (χ0) is 25.6. The van der Waals surface area contributed by atoms with Crippen molar-refractivity contribution in [1.82, 2.24) is 4.98 Å². The van der Waals surface area contributed by atoms with Crippen LogP contribution >= 0.6 is 11.3 Å². The zero-order valence-electron chi connectivity index (χ0n) is 21.4. The van der Waals surface area contributed by atoms with Crippen molar-refractivity contribution in [1.29, 1.82) is 0 Å². The van der Waals surface area contributed by atoms with Gasteiger partial charge in [-0.1, -0.05) is 51.5 Å². The van der Waals surface area contributed by atoms with E-state index in [0.717, 1.165) is 21.8 Å². The number of aryl methyl sites for hydroxylation is 1. The first kappa shape index (κ1) is 28.1. The summed E-state index contributed by atoms with van der Waals surface area (Å²) in [6, 6.07) is 0. The van der Waals surface area contributed by atoms with Gasteiger partial charge in [0.1, 0.15) is 11.9 Å². The van der Waals surface area contributed by atoms with Gasteiger partial charge in [-0.2, -0.15) is 0 Å². The second kappa shape index (κ2) is 12.0. The van der Waals surface area contributed by atoms with Gasteiger partial charge in [0.25, 0.3) is 0 Å². The Hall–Kier alpha value is -2.09. The standard InChI is InChI=1S/C27H39NO5S/c1-16-9-8-10-17(2)25(31)19(4)26(32)27(6,7)23(29)14-24(30)33-22(12-11-16)18(3)13-21-15-34-20(5)28-21/h8,10-11,13,15,17,19,22-23,25,29,31H,9,12,14H2,1-7H3/t17-,19+,22?,23-,25-/m0/s1. The van der Waals surface area contributed by atoms with E-state index in [-0.39, 0.29) is 18.1 Å². The lowest BCUT2D eigenvalue weighted by molar-refractivity contribution is -0.154. The van der Waals surface area contributed by atoms with Crippen molar-refractivity contribution in [2.45, 2.75) is 86.0 Å². The van der Waals surface area contributed by atoms with E-state index in [1.807, 2.05) is 57.4 Å². The van der Waals surface area contributed by atoms with Crippen LogP contribution in [-0.2, 0) is 14.3 Å². The highest BCUT2D eigenvalue weighted by atomic mass is 32.1. The van der Waals surface area contributed by atoms with Crippen LogP contribution in [0.1, 0.15) is 71.5 Å². The Morgan fingerprint density at radius 1 is 1.24 bits per heavy atom. The Kier molecular flexibility index (Phi) is 9.97. The number of thiazole rings is 1. The summed E-state index contributed by atoms with van der Waals surface area (Å²) < 4.78 is 5.79. The normalized spacial score (nSPS) is 30.1. The molecule has 0 amide bonds. The zero-order valence-corrected chi connectivity index (χ0v) is 22.2. The van der Waals surface area contributed by atoms with Crippen molar-refractivity contribution in [3.05, 3.63) is 45.5 Å². The number of aliphatic hydroxyl groups excluding tert-OH is 2. The van der Waals surface area contributed by atoms with E-state index in [1.165, 1.54) is 0 Å². The number of aliphatic hydroxyl groups is 2. The molecule has 2 rings (SSSR count). The summed E-state index contributed by atoms with van der Waals surface area (Å²) in [5, 5.41) is 24.4. The van der Waals surface area contributed by atoms with Gasteiger partial charge in [-0.25, -0.2) is 4.98 Å². The summed E-state index contributed by atoms with van der Waals surface area (Å²) >= 11 is 1.56. The van der Waals surface area contributed by atoms with Crippen molar-refractivity contribution in [2.75, 3.05) is 0 Å². The maximum atomic E-state index is 13.1. The molecule has 5 atom stereocenters. The van der Waals surface area contributed by atoms with Gasteiger partial charge in [-0.05, 0) is 38.8 Å². The minimum Gasteiger partial charge on any atom is -0.457 e. The maximum absolute atomic E-state index is 13.1. The summed E-state index contributed by atoms with van der Waals surface area (Å²) in [5.41, 5.74) is 1.57. The van der Waals surface area contributed by atoms with Gasteiger partial charge in [-0.3, -0.25) is 9.59 Å². The third-order valence-corrected chi connectivity index (χ3v) is 7.44. The number of allylic oxidation sites excluding steroid dienone is 2. The molecule has 0 aliphatic carbocycles. The van der Waals surface area contributed by atoms with Gasteiger partial charge in [0.15, 0.2) is 0 Å². The first-order chi connectivity index (χ1) is 15.8. The van der Waals surface area contributed by atoms with Crippen LogP contribution in [0.25, 0.3) is 6.08 Å². The Bertz CT molecular complexity index is 958. The topological polar surface area (TPSA) is 96.7 Å². The summed E-state index contributed by atoms with van der Waals surface area (Å²) in [6.45, 7) is 12.6. The molecular formula is C27H39NO5S. The predicted molar refractivity (Wildman–Crippen MR) is 136 cm³/mol. The van der Waals surface area contributed by atoms with E-state index in [1.54, 1.807) is 32.1 Å². The van der Waals surface area contributed by atoms with Gasteiger partial charge >= 0.3 is 5.97 Å². The molecule has 0 saturated carbocycles. The number of ketones is 1. The molecule has 34 heavy (non-hydrogen) atoms. The fraction of sp³-hybridized carbons (Fsp3) is 0.593. The summed E-state index contributed by atoms with van der Waals surface area (Å²) in [6.07, 6.45) is 6.13. The second-order valence-electron chi connectivity index (χ2n) is 10.0. The van der Waals surface area contributed by atoms with Crippen molar-refractivity contribution in [3.8, 4) is 0 Å². The van der Waals surface area contributed by atoms with E-state index < -0.39 is 35.6 Å². The molecule has 1 aromatic heterocycles. The van der Waals surface area contributed by atoms with Crippen molar-refractivity contribution in [2.24, 2.45) is 17.3 Å². The molecule has 0 fully saturated rings. The molecule has 0 saturated heterocycles. The Morgan fingerprint density at radius 3 is 2.53 bits per heavy atom. The van der Waals surface area contributed by atoms with Gasteiger partial charge in [0.05, 0.1) is 34.7 Å². The third kappa shape index (κ3) is 7.45. The Balaban J connectivity index is 2.37. The summed E-state index contributed by atoms with van der Waals surface area (Å²) in [4.78, 5) is 30.4. The van der Waals surface area contributed by atoms with E-state index >= 15 is 0 Å². The molecule has 0 spiro atoms. The number of hydrogen-bond donors (Lipinski definition) is 2. The van der Waals surface area contributed by atoms with Crippen molar-refractivity contribution >= 4 is 29.2 Å². The molecule has 0 bridgehead atoms. The summed E-state index contributed by atoms with van der Waals surface area (Å²) in [5.74, 6) is -1.77. The molecular weight excluding hydrogens is 450 g/mol. The number of cyclic esters (lactones) is 1. The van der Waals surface area contributed by atoms with Crippen LogP contribution in [0.5, 0.6) is 0 Å². The number of nitrogens with zero attached hydrogens (tertiary/aromatic N) is 1. The molecule has 6 nitrogen and oxygen atoms in total. The maximum Gasteiger partial charge on any atom is 0.309 e. The molecule has 188 valence electrons. The van der Waals surface area contributed by atoms with Crippen LogP contribution in [0.2, 0.25) is 0 Å². The SMILES string of the molecule is CC1=CCC(C(C)=Cc2csc(C)n2)OC(=O)C[C@H](O)C(C)(C)C(=O)[C@H](C)[C@@H](O)[C@@H](C)C=CC1. The fourth-order valence-corrected chi connectivity index (χ4v) is 4.62. The Labute approximate surface area is 207 Å². The van der Waals surface area contributed by atoms with Gasteiger partial charge in [-0.15, -0.1) is 11.3 Å². The first-order valence-corrected chi connectivity index (χ1v) is 12.7. The minimum absolute atomic E-state index is 0.225. The number of rotatable bonds is 2. The number of hydrogen-bond acceptors (Lipinski definition) is 7. The average molecular weight is 490 g/mol. The third-order valence-electron chi connectivity index (χ3n) is 6.65. The molecule has 1 aliphatic heterocycles. The number of carbonyl (C=O) groups is 2. The number of carbonyl (C=O) groups excluding carboxylic acids is 2. The average Bonchev–Trinajstić information content (AvgIpc) is 3.18. The predicted octanol–water partition coefficient (Wildman–Crippen LogP) is 5.04. The molecule has 2 N–H and O–H groups in total. The fourth-order valence-electron chi connectivity index (χ4n) is 4.05. The number of ether oxygens (including phenoxy) is 1. The lowest BCUT2D eigenvalue weighted by Gasteiger charge is -2.34. The molecule has 7 heteroatoms. The molecule has 1 aliphatic rings. The highest BCUT2D eigenvalue weighted by Crippen LogP contribution is 2.31. The molecule has 0 aromatic carbocycles. The quantitative estimate of drug-likeness (QED) is 0.446. The number of Topliss-reactive ketones (excluding diaryl/α,β-unsaturated/α-hetero) is 1. The highest BCUT2D eigenvalue weighted by molar-refractivity contribution is 7.09. The van der Waals surface area contributed by atoms with Crippen molar-refractivity contribution in [3.63, 3.8) is 0 Å². The molecule has 2 heterocycles. The van der Waals surface area contributed by atoms with Crippen LogP contribution in [0.3, 0.4) is 0 Å². The largest absolute Gasteiger partial charge is 0.457 e. The lowest BCUT2D eigenvalue weighted by atomic mass is 9.73. The highest BCUT2D eigenvalue weighted by Gasteiger charge is 2.42. The van der Waals surface area contributed by atoms with Gasteiger partial charge in [0, 0.05) is 23.6 Å². The smallest absolute Gasteiger partial charge is 0.309 e.